The first-order chi connectivity index (χ1) is 49.0. The molecule has 5 aliphatic heterocycles. The summed E-state index contributed by atoms with van der Waals surface area (Å²) in [4.78, 5) is 75.9. The van der Waals surface area contributed by atoms with Crippen LogP contribution in [0.5, 0.6) is 0 Å². The van der Waals surface area contributed by atoms with Crippen LogP contribution in [0, 0.1) is 5.92 Å². The Balaban J connectivity index is 0.000000136. The van der Waals surface area contributed by atoms with E-state index in [1.165, 1.54) is 32.4 Å². The average molecular weight is 1390 g/mol. The molecule has 5 aromatic carbocycles. The molecule has 9 aromatic rings. The van der Waals surface area contributed by atoms with E-state index in [9.17, 15) is 19.2 Å². The van der Waals surface area contributed by atoms with E-state index in [2.05, 4.69) is 129 Å². The summed E-state index contributed by atoms with van der Waals surface area (Å²) in [6, 6.07) is 34.5. The lowest BCUT2D eigenvalue weighted by molar-refractivity contribution is -0.122. The Morgan fingerprint density at radius 3 is 1.62 bits per heavy atom. The summed E-state index contributed by atoms with van der Waals surface area (Å²) in [6.07, 6.45) is 15.5. The number of hydrogen-bond acceptors (Lipinski definition) is 14. The van der Waals surface area contributed by atoms with Crippen molar-refractivity contribution in [1.82, 2.24) is 53.6 Å². The minimum Gasteiger partial charge on any atom is -0.452 e. The fraction of sp³-hybridized carbons (Fsp3) is 0.494. The van der Waals surface area contributed by atoms with E-state index in [1.807, 2.05) is 53.5 Å². The fourth-order valence-corrected chi connectivity index (χ4v) is 16.8. The minimum atomic E-state index is -0.340. The molecule has 21 nitrogen and oxygen atoms in total. The number of Topliss-reactive ketones (excluding diaryl/α,β-unsaturated/α-hetero) is 1. The maximum absolute atomic E-state index is 12.6. The lowest BCUT2D eigenvalue weighted by atomic mass is 9.83. The standard InChI is InChI=1S/C28H32ClN3O3.C27H39N7O2.C24H28N4O2/c1-17-10-11-23-24(31(17)28(34)35-3)12-13-25-27(23)30-26(15-19-6-4-8-21(29)14-19)32(25)22-9-5-7-20(16-22)18(2)33;1-20(2)31-17-14-30(15-18-31)16-19-33-24-9-8-23-22(7-6-21(3)34(23)27(35)36-4)26(24)29-25(33)10-13-32-12-5-11-28-32;1-16-8-9-19-20(27(16)24(29)30-2)10-11-21-23(19)26-22(14-17-6-4-3-5-7-17)28(21)18-12-13-25-15-18/h4,6,8,12-14,17,20,22H,5,7,9-11,15-16H2,1-3H3;5,8-9,11-12,20-21H,6-7,10,13-19H2,1-4H3;3-7,10-11,16,18,25H,8-9,12-15H2,1-2H3/t17-,20+,22+;21-;16-,18-/m000/s1. The third-order valence-electron chi connectivity index (χ3n) is 22.1. The van der Waals surface area contributed by atoms with E-state index in [-0.39, 0.29) is 54.1 Å². The van der Waals surface area contributed by atoms with Crippen LogP contribution in [0.25, 0.3) is 33.1 Å². The number of carbonyl (C=O) groups is 4. The Hall–Kier alpha value is -8.63. The van der Waals surface area contributed by atoms with Crippen molar-refractivity contribution in [3.63, 3.8) is 0 Å². The molecule has 6 atom stereocenters. The molecule has 0 unspecified atom stereocenters. The summed E-state index contributed by atoms with van der Waals surface area (Å²) in [7, 11) is 4.32. The maximum Gasteiger partial charge on any atom is 0.414 e. The summed E-state index contributed by atoms with van der Waals surface area (Å²) in [5.41, 5.74) is 14.9. The van der Waals surface area contributed by atoms with Gasteiger partial charge in [0.25, 0.3) is 0 Å². The van der Waals surface area contributed by atoms with E-state index in [1.54, 1.807) is 21.6 Å². The second-order valence-electron chi connectivity index (χ2n) is 28.7. The highest BCUT2D eigenvalue weighted by atomic mass is 35.5. The van der Waals surface area contributed by atoms with Crippen LogP contribution >= 0.6 is 11.6 Å². The number of rotatable bonds is 14. The second kappa shape index (κ2) is 31.3. The number of halogens is 1. The van der Waals surface area contributed by atoms with Crippen molar-refractivity contribution >= 4 is 85.8 Å². The Morgan fingerprint density at radius 1 is 0.574 bits per heavy atom. The summed E-state index contributed by atoms with van der Waals surface area (Å²) in [5, 5.41) is 8.59. The van der Waals surface area contributed by atoms with Crippen molar-refractivity contribution in [1.29, 1.82) is 0 Å². The van der Waals surface area contributed by atoms with Crippen LogP contribution in [0.2, 0.25) is 5.02 Å². The number of imidazole rings is 3. The maximum atomic E-state index is 12.6. The number of piperazine rings is 1. The van der Waals surface area contributed by atoms with E-state index in [0.29, 0.717) is 23.5 Å². The van der Waals surface area contributed by atoms with Crippen LogP contribution in [0.1, 0.15) is 150 Å². The van der Waals surface area contributed by atoms with Crippen molar-refractivity contribution in [2.24, 2.45) is 5.92 Å². The number of nitrogens with zero attached hydrogens (tertiary/aromatic N) is 13. The molecular weight excluding hydrogens is 1290 g/mol. The smallest absolute Gasteiger partial charge is 0.414 e. The number of aromatic nitrogens is 8. The van der Waals surface area contributed by atoms with Crippen LogP contribution in [0.3, 0.4) is 0 Å². The van der Waals surface area contributed by atoms with Gasteiger partial charge < -0.3 is 33.2 Å². The van der Waals surface area contributed by atoms with Gasteiger partial charge >= 0.3 is 18.3 Å². The Bertz CT molecular complexity index is 4420. The highest BCUT2D eigenvalue weighted by molar-refractivity contribution is 6.30. The van der Waals surface area contributed by atoms with Crippen molar-refractivity contribution in [3.8, 4) is 0 Å². The van der Waals surface area contributed by atoms with E-state index >= 15 is 0 Å². The molecule has 6 aliphatic rings. The average Bonchev–Trinajstić information content (AvgIpc) is 1.64. The Morgan fingerprint density at radius 2 is 1.11 bits per heavy atom. The molecule has 534 valence electrons. The minimum absolute atomic E-state index is 0.0649. The predicted molar refractivity (Wildman–Crippen MR) is 398 cm³/mol. The second-order valence-corrected chi connectivity index (χ2v) is 29.1. The molecule has 101 heavy (non-hydrogen) atoms. The third kappa shape index (κ3) is 14.9. The van der Waals surface area contributed by atoms with E-state index in [0.717, 1.165) is 227 Å². The van der Waals surface area contributed by atoms with Crippen LogP contribution in [-0.2, 0) is 70.6 Å². The van der Waals surface area contributed by atoms with Gasteiger partial charge in [0.15, 0.2) is 0 Å². The molecule has 1 N–H and O–H groups in total. The van der Waals surface area contributed by atoms with Crippen molar-refractivity contribution in [3.05, 3.63) is 160 Å². The first-order valence-corrected chi connectivity index (χ1v) is 37.0. The molecular formula is C79H99ClN14O7. The molecule has 3 fully saturated rings. The largest absolute Gasteiger partial charge is 0.452 e. The number of carbonyl (C=O) groups excluding carboxylic acids is 4. The van der Waals surface area contributed by atoms with Crippen LogP contribution in [0.4, 0.5) is 31.4 Å². The highest BCUT2D eigenvalue weighted by Gasteiger charge is 2.37. The fourth-order valence-electron chi connectivity index (χ4n) is 16.6. The summed E-state index contributed by atoms with van der Waals surface area (Å²) >= 11 is 6.29. The molecule has 2 saturated heterocycles. The van der Waals surface area contributed by atoms with Gasteiger partial charge in [-0.2, -0.15) is 5.10 Å². The van der Waals surface area contributed by atoms with Crippen molar-refractivity contribution in [2.45, 2.75) is 181 Å². The van der Waals surface area contributed by atoms with Crippen molar-refractivity contribution < 1.29 is 33.4 Å². The number of fused-ring (bicyclic) bond motifs is 9. The molecule has 1 aliphatic carbocycles. The molecule has 0 spiro atoms. The zero-order valence-corrected chi connectivity index (χ0v) is 61.0. The first kappa shape index (κ1) is 70.8. The van der Waals surface area contributed by atoms with E-state index in [4.69, 9.17) is 40.8 Å². The summed E-state index contributed by atoms with van der Waals surface area (Å²) in [5.74, 6) is 3.53. The topological polar surface area (TPSA) is 195 Å². The van der Waals surface area contributed by atoms with Gasteiger partial charge in [0.2, 0.25) is 0 Å². The lowest BCUT2D eigenvalue weighted by Crippen LogP contribution is -2.49. The summed E-state index contributed by atoms with van der Waals surface area (Å²) in [6.45, 7) is 21.7. The van der Waals surface area contributed by atoms with E-state index < -0.39 is 0 Å². The number of aryl methyl sites for hydroxylation is 5. The Kier molecular flexibility index (Phi) is 21.9. The highest BCUT2D eigenvalue weighted by Crippen LogP contribution is 2.43. The normalized spacial score (nSPS) is 20.8. The van der Waals surface area contributed by atoms with Gasteiger partial charge in [0.1, 0.15) is 23.3 Å². The molecule has 3 amide bonds. The first-order valence-electron chi connectivity index (χ1n) is 36.6. The quantitative estimate of drug-likeness (QED) is 0.101. The number of benzene rings is 5. The SMILES string of the molecule is COC(=O)N1c2ccc3c(nc(CCn4cccn4)n3CCN3CCN(C(C)C)CC3)c2CC[C@@H]1C.COC(=O)N1c2ccc3c(nc(Cc4cccc(Cl)c4)n3[C@@H]3CCC[C@@H](C(C)=O)C3)c2CC[C@@H]1C.COC(=O)N1c2ccc3c(nc(Cc4ccccc4)n3[C@H]3CCNC3)c2CC[C@@H]1C. The van der Waals surface area contributed by atoms with Crippen LogP contribution < -0.4 is 20.0 Å². The van der Waals surface area contributed by atoms with Crippen LogP contribution in [-0.4, -0.2) is 164 Å². The zero-order valence-electron chi connectivity index (χ0n) is 60.2. The molecule has 22 heteroatoms. The van der Waals surface area contributed by atoms with Gasteiger partial charge in [-0.05, 0) is 178 Å². The predicted octanol–water partition coefficient (Wildman–Crippen LogP) is 14.0. The van der Waals surface area contributed by atoms with Gasteiger partial charge in [-0.1, -0.05) is 60.5 Å². The number of ether oxygens (including phenoxy) is 3. The van der Waals surface area contributed by atoms with Gasteiger partial charge in [-0.3, -0.25) is 34.0 Å². The third-order valence-corrected chi connectivity index (χ3v) is 22.3. The number of ketones is 1. The van der Waals surface area contributed by atoms with Gasteiger partial charge in [0.05, 0.1) is 71.5 Å². The number of amides is 3. The van der Waals surface area contributed by atoms with Gasteiger partial charge in [-0.15, -0.1) is 0 Å². The lowest BCUT2D eigenvalue weighted by Gasteiger charge is -2.37. The van der Waals surface area contributed by atoms with Crippen LogP contribution in [0.15, 0.2) is 109 Å². The number of anilines is 3. The van der Waals surface area contributed by atoms with Gasteiger partial charge in [0, 0.05) is 148 Å². The monoisotopic (exact) mass is 1390 g/mol. The molecule has 4 aromatic heterocycles. The number of methoxy groups -OCH3 is 3. The molecule has 0 bridgehead atoms. The van der Waals surface area contributed by atoms with Gasteiger partial charge in [-0.25, -0.2) is 29.3 Å². The molecule has 1 saturated carbocycles. The summed E-state index contributed by atoms with van der Waals surface area (Å²) < 4.78 is 24.4. The van der Waals surface area contributed by atoms with Crippen molar-refractivity contribution in [2.75, 3.05) is 81.8 Å². The number of nitrogens with one attached hydrogen (secondary N) is 1. The molecule has 0 radical (unpaired) electrons. The Labute approximate surface area is 598 Å². The molecule has 9 heterocycles. The molecule has 15 rings (SSSR count). The number of hydrogen-bond donors (Lipinski definition) is 1. The zero-order chi connectivity index (χ0) is 70.6.